The Labute approximate surface area is 140 Å². The molecule has 126 valence electrons. The lowest BCUT2D eigenvalue weighted by molar-refractivity contribution is 0.280. The molecule has 0 unspecified atom stereocenters. The van der Waals surface area contributed by atoms with E-state index >= 15 is 0 Å². The maximum Gasteiger partial charge on any atom is 0.227 e. The second-order valence-electron chi connectivity index (χ2n) is 5.69. The first kappa shape index (κ1) is 16.4. The first-order valence-electron chi connectivity index (χ1n) is 7.88. The molecule has 3 aromatic rings. The number of anilines is 1. The van der Waals surface area contributed by atoms with E-state index in [0.717, 1.165) is 11.0 Å². The van der Waals surface area contributed by atoms with E-state index in [-0.39, 0.29) is 13.2 Å². The lowest BCUT2D eigenvalue weighted by atomic mass is 10.1. The molecular formula is C17H21N5O2. The number of aliphatic hydroxyl groups excluding tert-OH is 2. The summed E-state index contributed by atoms with van der Waals surface area (Å²) >= 11 is 0. The molecule has 0 fully saturated rings. The fraction of sp³-hybridized carbons (Fsp3) is 0.353. The Bertz CT molecular complexity index is 840. The molecule has 2 heterocycles. The SMILES string of the molecule is Cc1cc2ncn(-c3ccnc(N(CCO)CCO)n3)c2cc1C. The highest BCUT2D eigenvalue weighted by Gasteiger charge is 2.12. The van der Waals surface area contributed by atoms with Crippen molar-refractivity contribution in [1.82, 2.24) is 19.5 Å². The average Bonchev–Trinajstić information content (AvgIpc) is 2.98. The highest BCUT2D eigenvalue weighted by molar-refractivity contribution is 5.79. The summed E-state index contributed by atoms with van der Waals surface area (Å²) in [4.78, 5) is 15.0. The van der Waals surface area contributed by atoms with Gasteiger partial charge in [0.05, 0.1) is 24.2 Å². The van der Waals surface area contributed by atoms with Crippen LogP contribution in [0.25, 0.3) is 16.9 Å². The summed E-state index contributed by atoms with van der Waals surface area (Å²) in [5.41, 5.74) is 4.30. The van der Waals surface area contributed by atoms with Crippen LogP contribution < -0.4 is 4.90 Å². The molecule has 1 aromatic carbocycles. The van der Waals surface area contributed by atoms with E-state index in [2.05, 4.69) is 40.9 Å². The van der Waals surface area contributed by atoms with Gasteiger partial charge in [-0.15, -0.1) is 0 Å². The van der Waals surface area contributed by atoms with Gasteiger partial charge in [-0.2, -0.15) is 4.98 Å². The standard InChI is InChI=1S/C17H21N5O2/c1-12-9-14-15(10-13(12)2)22(11-19-14)16-3-4-18-17(20-16)21(5-7-23)6-8-24/h3-4,9-11,23-24H,5-8H2,1-2H3. The Morgan fingerprint density at radius 2 is 1.75 bits per heavy atom. The zero-order valence-electron chi connectivity index (χ0n) is 13.8. The van der Waals surface area contributed by atoms with Gasteiger partial charge < -0.3 is 15.1 Å². The molecule has 0 bridgehead atoms. The first-order chi connectivity index (χ1) is 11.6. The predicted octanol–water partition coefficient (Wildman–Crippen LogP) is 1.22. The zero-order chi connectivity index (χ0) is 17.1. The van der Waals surface area contributed by atoms with Crippen LogP contribution in [0.1, 0.15) is 11.1 Å². The Morgan fingerprint density at radius 1 is 1.04 bits per heavy atom. The number of hydrogen-bond acceptors (Lipinski definition) is 6. The van der Waals surface area contributed by atoms with E-state index in [0.29, 0.717) is 24.9 Å². The summed E-state index contributed by atoms with van der Waals surface area (Å²) in [6.45, 7) is 4.82. The van der Waals surface area contributed by atoms with Crippen molar-refractivity contribution in [3.63, 3.8) is 0 Å². The summed E-state index contributed by atoms with van der Waals surface area (Å²) in [6.07, 6.45) is 3.42. The minimum atomic E-state index is -0.0277. The number of imidazole rings is 1. The van der Waals surface area contributed by atoms with Gasteiger partial charge in [0.1, 0.15) is 12.1 Å². The van der Waals surface area contributed by atoms with Gasteiger partial charge in [-0.1, -0.05) is 0 Å². The predicted molar refractivity (Wildman–Crippen MR) is 92.5 cm³/mol. The highest BCUT2D eigenvalue weighted by Crippen LogP contribution is 2.21. The van der Waals surface area contributed by atoms with E-state index in [1.165, 1.54) is 11.1 Å². The Kier molecular flexibility index (Phi) is 4.73. The van der Waals surface area contributed by atoms with Gasteiger partial charge in [-0.05, 0) is 43.2 Å². The van der Waals surface area contributed by atoms with E-state index in [4.69, 9.17) is 0 Å². The first-order valence-corrected chi connectivity index (χ1v) is 7.88. The molecule has 0 amide bonds. The van der Waals surface area contributed by atoms with Crippen molar-refractivity contribution in [1.29, 1.82) is 0 Å². The number of rotatable bonds is 6. The molecule has 0 saturated heterocycles. The highest BCUT2D eigenvalue weighted by atomic mass is 16.3. The van der Waals surface area contributed by atoms with Crippen molar-refractivity contribution in [3.8, 4) is 5.82 Å². The Hall–Kier alpha value is -2.51. The second-order valence-corrected chi connectivity index (χ2v) is 5.69. The Balaban J connectivity index is 2.04. The third-order valence-electron chi connectivity index (χ3n) is 4.06. The molecule has 7 nitrogen and oxygen atoms in total. The van der Waals surface area contributed by atoms with Crippen molar-refractivity contribution in [2.45, 2.75) is 13.8 Å². The fourth-order valence-electron chi connectivity index (χ4n) is 2.63. The van der Waals surface area contributed by atoms with Crippen molar-refractivity contribution in [3.05, 3.63) is 41.9 Å². The third kappa shape index (κ3) is 3.08. The molecule has 24 heavy (non-hydrogen) atoms. The second kappa shape index (κ2) is 6.94. The molecule has 0 aliphatic rings. The van der Waals surface area contributed by atoms with Gasteiger partial charge in [0.2, 0.25) is 5.95 Å². The molecule has 2 aromatic heterocycles. The van der Waals surface area contributed by atoms with Crippen molar-refractivity contribution in [2.75, 3.05) is 31.2 Å². The molecular weight excluding hydrogens is 306 g/mol. The Morgan fingerprint density at radius 3 is 2.46 bits per heavy atom. The molecule has 0 spiro atoms. The van der Waals surface area contributed by atoms with Crippen LogP contribution in [0.4, 0.5) is 5.95 Å². The van der Waals surface area contributed by atoms with Gasteiger partial charge in [0.15, 0.2) is 0 Å². The lowest BCUT2D eigenvalue weighted by Gasteiger charge is -2.20. The molecule has 7 heteroatoms. The van der Waals surface area contributed by atoms with Crippen LogP contribution in [-0.2, 0) is 0 Å². The van der Waals surface area contributed by atoms with Crippen molar-refractivity contribution < 1.29 is 10.2 Å². The zero-order valence-corrected chi connectivity index (χ0v) is 13.8. The summed E-state index contributed by atoms with van der Waals surface area (Å²) in [6, 6.07) is 5.97. The van der Waals surface area contributed by atoms with Crippen molar-refractivity contribution >= 4 is 17.0 Å². The summed E-state index contributed by atoms with van der Waals surface area (Å²) < 4.78 is 1.92. The van der Waals surface area contributed by atoms with Crippen LogP contribution in [-0.4, -0.2) is 56.0 Å². The van der Waals surface area contributed by atoms with Crippen molar-refractivity contribution in [2.24, 2.45) is 0 Å². The maximum absolute atomic E-state index is 9.18. The lowest BCUT2D eigenvalue weighted by Crippen LogP contribution is -2.31. The number of aromatic nitrogens is 4. The van der Waals surface area contributed by atoms with E-state index in [9.17, 15) is 10.2 Å². The molecule has 0 saturated carbocycles. The quantitative estimate of drug-likeness (QED) is 0.708. The van der Waals surface area contributed by atoms with Gasteiger partial charge in [-0.3, -0.25) is 4.57 Å². The molecule has 0 atom stereocenters. The third-order valence-corrected chi connectivity index (χ3v) is 4.06. The van der Waals surface area contributed by atoms with Gasteiger partial charge in [0, 0.05) is 19.3 Å². The molecule has 2 N–H and O–H groups in total. The molecule has 3 rings (SSSR count). The topological polar surface area (TPSA) is 87.3 Å². The fourth-order valence-corrected chi connectivity index (χ4v) is 2.63. The summed E-state index contributed by atoms with van der Waals surface area (Å²) in [5, 5.41) is 18.4. The maximum atomic E-state index is 9.18. The van der Waals surface area contributed by atoms with Gasteiger partial charge in [-0.25, -0.2) is 9.97 Å². The summed E-state index contributed by atoms with van der Waals surface area (Å²) in [5.74, 6) is 1.17. The van der Waals surface area contributed by atoms with E-state index in [1.54, 1.807) is 17.4 Å². The number of aryl methyl sites for hydroxylation is 2. The minimum Gasteiger partial charge on any atom is -0.395 e. The van der Waals surface area contributed by atoms with E-state index in [1.807, 2.05) is 10.6 Å². The monoisotopic (exact) mass is 327 g/mol. The molecule has 0 aliphatic carbocycles. The number of fused-ring (bicyclic) bond motifs is 1. The normalized spacial score (nSPS) is 11.2. The van der Waals surface area contributed by atoms with Gasteiger partial charge in [0.25, 0.3) is 0 Å². The smallest absolute Gasteiger partial charge is 0.227 e. The largest absolute Gasteiger partial charge is 0.395 e. The number of hydrogen-bond donors (Lipinski definition) is 2. The van der Waals surface area contributed by atoms with Gasteiger partial charge >= 0.3 is 0 Å². The van der Waals surface area contributed by atoms with E-state index < -0.39 is 0 Å². The average molecular weight is 327 g/mol. The summed E-state index contributed by atoms with van der Waals surface area (Å²) in [7, 11) is 0. The van der Waals surface area contributed by atoms with Crippen LogP contribution in [0.2, 0.25) is 0 Å². The van der Waals surface area contributed by atoms with Crippen LogP contribution in [0.3, 0.4) is 0 Å². The van der Waals surface area contributed by atoms with Crippen LogP contribution in [0, 0.1) is 13.8 Å². The molecule has 0 radical (unpaired) electrons. The minimum absolute atomic E-state index is 0.0277. The van der Waals surface area contributed by atoms with Crippen LogP contribution in [0.5, 0.6) is 0 Å². The number of aliphatic hydroxyl groups is 2. The molecule has 0 aliphatic heterocycles. The van der Waals surface area contributed by atoms with Crippen LogP contribution >= 0.6 is 0 Å². The number of nitrogens with zero attached hydrogens (tertiary/aromatic N) is 5. The van der Waals surface area contributed by atoms with Crippen LogP contribution in [0.15, 0.2) is 30.7 Å². The number of benzene rings is 1.